The number of rotatable bonds is 4. The molecule has 0 spiro atoms. The first-order valence-electron chi connectivity index (χ1n) is 4.91. The van der Waals surface area contributed by atoms with Gasteiger partial charge in [-0.05, 0) is 30.7 Å². The lowest BCUT2D eigenvalue weighted by molar-refractivity contribution is -0.150. The van der Waals surface area contributed by atoms with Gasteiger partial charge in [0.25, 0.3) is 0 Å². The van der Waals surface area contributed by atoms with Crippen LogP contribution in [0, 0.1) is 6.92 Å². The summed E-state index contributed by atoms with van der Waals surface area (Å²) < 4.78 is 5.36. The van der Waals surface area contributed by atoms with Crippen LogP contribution in [-0.4, -0.2) is 30.1 Å². The fourth-order valence-electron chi connectivity index (χ4n) is 1.18. The van der Waals surface area contributed by atoms with Crippen LogP contribution in [0.1, 0.15) is 5.56 Å². The molecule has 1 aromatic carbocycles. The Kier molecular flexibility index (Phi) is 4.78. The Hall–Kier alpha value is -1.75. The van der Waals surface area contributed by atoms with E-state index < -0.39 is 11.9 Å². The topological polar surface area (TPSA) is 75.6 Å². The van der Waals surface area contributed by atoms with Gasteiger partial charge in [0, 0.05) is 5.02 Å². The molecule has 0 saturated carbocycles. The molecule has 0 bridgehead atoms. The zero-order valence-corrected chi connectivity index (χ0v) is 9.95. The molecule has 1 aromatic rings. The highest BCUT2D eigenvalue weighted by atomic mass is 35.5. The van der Waals surface area contributed by atoms with Crippen LogP contribution in [0.5, 0.6) is 5.75 Å². The smallest absolute Gasteiger partial charge is 0.394 e. The molecule has 17 heavy (non-hydrogen) atoms. The van der Waals surface area contributed by atoms with Gasteiger partial charge in [0.05, 0.1) is 6.54 Å². The van der Waals surface area contributed by atoms with E-state index in [0.29, 0.717) is 10.8 Å². The van der Waals surface area contributed by atoms with E-state index in [1.54, 1.807) is 18.2 Å². The largest absolute Gasteiger partial charge is 0.491 e. The van der Waals surface area contributed by atoms with Crippen molar-refractivity contribution in [2.75, 3.05) is 13.2 Å². The SMILES string of the molecule is Cc1cc(Cl)ccc1OCCNC(=O)C(=O)O. The molecule has 0 aliphatic heterocycles. The molecule has 2 N–H and O–H groups in total. The van der Waals surface area contributed by atoms with Gasteiger partial charge < -0.3 is 15.2 Å². The molecule has 0 aliphatic carbocycles. The van der Waals surface area contributed by atoms with E-state index in [1.165, 1.54) is 0 Å². The lowest BCUT2D eigenvalue weighted by Gasteiger charge is -2.09. The van der Waals surface area contributed by atoms with E-state index >= 15 is 0 Å². The average molecular weight is 258 g/mol. The second-order valence-electron chi connectivity index (χ2n) is 3.32. The number of amides is 1. The van der Waals surface area contributed by atoms with Crippen molar-refractivity contribution in [1.29, 1.82) is 0 Å². The standard InChI is InChI=1S/C11H12ClNO4/c1-7-6-8(12)2-3-9(7)17-5-4-13-10(14)11(15)16/h2-3,6H,4-5H2,1H3,(H,13,14)(H,15,16). The predicted octanol–water partition coefficient (Wildman–Crippen LogP) is 1.23. The Balaban J connectivity index is 2.36. The van der Waals surface area contributed by atoms with Crippen molar-refractivity contribution in [3.63, 3.8) is 0 Å². The van der Waals surface area contributed by atoms with Gasteiger partial charge in [0.15, 0.2) is 0 Å². The zero-order valence-electron chi connectivity index (χ0n) is 9.20. The maximum Gasteiger partial charge on any atom is 0.394 e. The average Bonchev–Trinajstić information content (AvgIpc) is 2.26. The van der Waals surface area contributed by atoms with Gasteiger partial charge in [-0.25, -0.2) is 4.79 Å². The second-order valence-corrected chi connectivity index (χ2v) is 3.76. The van der Waals surface area contributed by atoms with Crippen molar-refractivity contribution < 1.29 is 19.4 Å². The summed E-state index contributed by atoms with van der Waals surface area (Å²) in [7, 11) is 0. The highest BCUT2D eigenvalue weighted by Crippen LogP contribution is 2.21. The van der Waals surface area contributed by atoms with Gasteiger partial charge in [-0.15, -0.1) is 0 Å². The first-order valence-corrected chi connectivity index (χ1v) is 5.28. The number of hydrogen-bond acceptors (Lipinski definition) is 3. The molecule has 1 rings (SSSR count). The number of halogens is 1. The van der Waals surface area contributed by atoms with Gasteiger partial charge in [0.1, 0.15) is 12.4 Å². The van der Waals surface area contributed by atoms with Crippen LogP contribution in [-0.2, 0) is 9.59 Å². The van der Waals surface area contributed by atoms with Crippen LogP contribution in [0.2, 0.25) is 5.02 Å². The molecule has 92 valence electrons. The third kappa shape index (κ3) is 4.32. The highest BCUT2D eigenvalue weighted by Gasteiger charge is 2.09. The Labute approximate surface area is 103 Å². The van der Waals surface area contributed by atoms with Gasteiger partial charge in [0.2, 0.25) is 0 Å². The van der Waals surface area contributed by atoms with Gasteiger partial charge >= 0.3 is 11.9 Å². The van der Waals surface area contributed by atoms with Crippen molar-refractivity contribution in [2.24, 2.45) is 0 Å². The summed E-state index contributed by atoms with van der Waals surface area (Å²) in [6, 6.07) is 5.17. The number of benzene rings is 1. The van der Waals surface area contributed by atoms with Gasteiger partial charge in [-0.2, -0.15) is 0 Å². The quantitative estimate of drug-likeness (QED) is 0.628. The molecular formula is C11H12ClNO4. The van der Waals surface area contributed by atoms with Crippen molar-refractivity contribution in [3.05, 3.63) is 28.8 Å². The summed E-state index contributed by atoms with van der Waals surface area (Å²) in [5.41, 5.74) is 0.877. The van der Waals surface area contributed by atoms with Crippen molar-refractivity contribution >= 4 is 23.5 Å². The fraction of sp³-hybridized carbons (Fsp3) is 0.273. The second kappa shape index (κ2) is 6.10. The van der Waals surface area contributed by atoms with Crippen molar-refractivity contribution in [2.45, 2.75) is 6.92 Å². The first-order chi connectivity index (χ1) is 8.00. The number of carboxylic acid groups (broad SMARTS) is 1. The Morgan fingerprint density at radius 2 is 2.18 bits per heavy atom. The van der Waals surface area contributed by atoms with Crippen LogP contribution in [0.25, 0.3) is 0 Å². The summed E-state index contributed by atoms with van der Waals surface area (Å²) >= 11 is 5.78. The first kappa shape index (κ1) is 13.3. The summed E-state index contributed by atoms with van der Waals surface area (Å²) in [6.45, 7) is 2.17. The minimum Gasteiger partial charge on any atom is -0.491 e. The minimum absolute atomic E-state index is 0.132. The Morgan fingerprint density at radius 1 is 1.47 bits per heavy atom. The van der Waals surface area contributed by atoms with Crippen LogP contribution < -0.4 is 10.1 Å². The molecule has 5 nitrogen and oxygen atoms in total. The van der Waals surface area contributed by atoms with Crippen LogP contribution >= 0.6 is 11.6 Å². The highest BCUT2D eigenvalue weighted by molar-refractivity contribution is 6.31. The van der Waals surface area contributed by atoms with E-state index in [9.17, 15) is 9.59 Å². The number of carbonyl (C=O) groups excluding carboxylic acids is 1. The molecule has 0 aliphatic rings. The predicted molar refractivity (Wildman–Crippen MR) is 62.3 cm³/mol. The number of aliphatic carboxylic acids is 1. The lowest BCUT2D eigenvalue weighted by atomic mass is 10.2. The van der Waals surface area contributed by atoms with Crippen LogP contribution in [0.4, 0.5) is 0 Å². The van der Waals surface area contributed by atoms with Crippen molar-refractivity contribution in [3.8, 4) is 5.75 Å². The van der Waals surface area contributed by atoms with Crippen molar-refractivity contribution in [1.82, 2.24) is 5.32 Å². The van der Waals surface area contributed by atoms with E-state index in [1.807, 2.05) is 6.92 Å². The molecule has 0 aromatic heterocycles. The Bertz CT molecular complexity index is 433. The van der Waals surface area contributed by atoms with Gasteiger partial charge in [-0.1, -0.05) is 11.6 Å². The van der Waals surface area contributed by atoms with E-state index in [4.69, 9.17) is 21.4 Å². The molecule has 0 atom stereocenters. The molecule has 0 unspecified atom stereocenters. The number of carboxylic acids is 1. The Morgan fingerprint density at radius 3 is 2.76 bits per heavy atom. The monoisotopic (exact) mass is 257 g/mol. The number of hydrogen-bond donors (Lipinski definition) is 2. The normalized spacial score (nSPS) is 9.76. The summed E-state index contributed by atoms with van der Waals surface area (Å²) in [6.07, 6.45) is 0. The third-order valence-electron chi connectivity index (χ3n) is 1.98. The number of nitrogens with one attached hydrogen (secondary N) is 1. The van der Waals surface area contributed by atoms with Crippen LogP contribution in [0.3, 0.4) is 0 Å². The zero-order chi connectivity index (χ0) is 12.8. The molecule has 0 radical (unpaired) electrons. The summed E-state index contributed by atoms with van der Waals surface area (Å²) in [4.78, 5) is 20.9. The molecule has 1 amide bonds. The molecular weight excluding hydrogens is 246 g/mol. The maximum atomic E-state index is 10.7. The number of carbonyl (C=O) groups is 2. The molecule has 6 heteroatoms. The van der Waals surface area contributed by atoms with Crippen LogP contribution in [0.15, 0.2) is 18.2 Å². The number of ether oxygens (including phenoxy) is 1. The van der Waals surface area contributed by atoms with E-state index in [2.05, 4.69) is 5.32 Å². The van der Waals surface area contributed by atoms with Gasteiger partial charge in [-0.3, -0.25) is 4.79 Å². The molecule has 0 saturated heterocycles. The molecule has 0 fully saturated rings. The number of aryl methyl sites for hydroxylation is 1. The van der Waals surface area contributed by atoms with E-state index in [-0.39, 0.29) is 13.2 Å². The lowest BCUT2D eigenvalue weighted by Crippen LogP contribution is -2.33. The summed E-state index contributed by atoms with van der Waals surface area (Å²) in [5, 5.41) is 11.1. The fourth-order valence-corrected chi connectivity index (χ4v) is 1.40. The molecule has 0 heterocycles. The third-order valence-corrected chi connectivity index (χ3v) is 2.21. The summed E-state index contributed by atoms with van der Waals surface area (Å²) in [5.74, 6) is -1.90. The minimum atomic E-state index is -1.51. The maximum absolute atomic E-state index is 10.7. The van der Waals surface area contributed by atoms with E-state index in [0.717, 1.165) is 5.56 Å².